The first-order valence-corrected chi connectivity index (χ1v) is 5.90. The van der Waals surface area contributed by atoms with E-state index in [4.69, 9.17) is 17.3 Å². The van der Waals surface area contributed by atoms with Crippen LogP contribution in [0, 0.1) is 12.8 Å². The Bertz CT molecular complexity index is 320. The second-order valence-corrected chi connectivity index (χ2v) is 5.02. The lowest BCUT2D eigenvalue weighted by molar-refractivity contribution is 0.506. The Morgan fingerprint density at radius 3 is 2.47 bits per heavy atom. The van der Waals surface area contributed by atoms with Gasteiger partial charge in [0.15, 0.2) is 0 Å². The van der Waals surface area contributed by atoms with E-state index in [1.54, 1.807) is 0 Å². The Kier molecular flexibility index (Phi) is 4.62. The maximum Gasteiger partial charge on any atom is 0.0408 e. The lowest BCUT2D eigenvalue weighted by atomic mass is 9.95. The highest BCUT2D eigenvalue weighted by Crippen LogP contribution is 2.24. The number of nitrogens with two attached hydrogens (primary N) is 1. The van der Waals surface area contributed by atoms with Crippen LogP contribution in [0.25, 0.3) is 0 Å². The summed E-state index contributed by atoms with van der Waals surface area (Å²) in [6, 6.07) is 6.08. The van der Waals surface area contributed by atoms with E-state index in [2.05, 4.69) is 20.8 Å². The van der Waals surface area contributed by atoms with Crippen LogP contribution < -0.4 is 5.73 Å². The van der Waals surface area contributed by atoms with E-state index < -0.39 is 0 Å². The minimum absolute atomic E-state index is 0.143. The average Bonchev–Trinajstić information content (AvgIpc) is 2.14. The fourth-order valence-electron chi connectivity index (χ4n) is 1.72. The molecule has 0 amide bonds. The molecule has 1 rings (SSSR count). The van der Waals surface area contributed by atoms with E-state index in [-0.39, 0.29) is 6.04 Å². The molecule has 1 aromatic carbocycles. The fraction of sp³-hybridized carbons (Fsp3) is 0.538. The van der Waals surface area contributed by atoms with Gasteiger partial charge in [0.1, 0.15) is 0 Å². The SMILES string of the molecule is Cc1cc(Cl)ccc1[C@@H](N)CCC(C)C. The van der Waals surface area contributed by atoms with Crippen molar-refractivity contribution in [3.05, 3.63) is 34.3 Å². The number of aryl methyl sites for hydroxylation is 1. The van der Waals surface area contributed by atoms with Crippen LogP contribution in [0.1, 0.15) is 43.9 Å². The van der Waals surface area contributed by atoms with Gasteiger partial charge in [0.25, 0.3) is 0 Å². The number of benzene rings is 1. The standard InChI is InChI=1S/C13H20ClN/c1-9(2)4-7-13(15)12-6-5-11(14)8-10(12)3/h5-6,8-9,13H,4,7,15H2,1-3H3/t13-/m0/s1. The van der Waals surface area contributed by atoms with Crippen molar-refractivity contribution in [1.29, 1.82) is 0 Å². The molecule has 0 saturated heterocycles. The van der Waals surface area contributed by atoms with Crippen molar-refractivity contribution in [2.75, 3.05) is 0 Å². The smallest absolute Gasteiger partial charge is 0.0408 e. The summed E-state index contributed by atoms with van der Waals surface area (Å²) in [5.74, 6) is 0.712. The van der Waals surface area contributed by atoms with Gasteiger partial charge in [-0.05, 0) is 48.9 Å². The fourth-order valence-corrected chi connectivity index (χ4v) is 1.95. The van der Waals surface area contributed by atoms with Gasteiger partial charge in [0, 0.05) is 11.1 Å². The van der Waals surface area contributed by atoms with Gasteiger partial charge < -0.3 is 5.73 Å². The highest BCUT2D eigenvalue weighted by atomic mass is 35.5. The second-order valence-electron chi connectivity index (χ2n) is 4.58. The molecule has 1 nitrogen and oxygen atoms in total. The zero-order valence-corrected chi connectivity index (χ0v) is 10.5. The molecule has 15 heavy (non-hydrogen) atoms. The number of halogens is 1. The normalized spacial score (nSPS) is 13.2. The van der Waals surface area contributed by atoms with Gasteiger partial charge in [-0.25, -0.2) is 0 Å². The minimum Gasteiger partial charge on any atom is -0.324 e. The molecule has 1 aromatic rings. The third kappa shape index (κ3) is 3.84. The molecule has 0 fully saturated rings. The summed E-state index contributed by atoms with van der Waals surface area (Å²) in [6.07, 6.45) is 2.21. The molecule has 0 heterocycles. The Balaban J connectivity index is 2.69. The van der Waals surface area contributed by atoms with E-state index in [9.17, 15) is 0 Å². The molecule has 0 aliphatic heterocycles. The van der Waals surface area contributed by atoms with Gasteiger partial charge in [-0.1, -0.05) is 31.5 Å². The van der Waals surface area contributed by atoms with Crippen molar-refractivity contribution in [3.8, 4) is 0 Å². The molecular weight excluding hydrogens is 206 g/mol. The molecule has 1 atom stereocenters. The van der Waals surface area contributed by atoms with Gasteiger partial charge in [0.2, 0.25) is 0 Å². The largest absolute Gasteiger partial charge is 0.324 e. The van der Waals surface area contributed by atoms with E-state index in [0.29, 0.717) is 5.92 Å². The van der Waals surface area contributed by atoms with E-state index in [0.717, 1.165) is 11.4 Å². The minimum atomic E-state index is 0.143. The number of hydrogen-bond donors (Lipinski definition) is 1. The molecule has 0 radical (unpaired) electrons. The summed E-state index contributed by atoms with van der Waals surface area (Å²) in [7, 11) is 0. The summed E-state index contributed by atoms with van der Waals surface area (Å²) in [5, 5.41) is 0.785. The first-order valence-electron chi connectivity index (χ1n) is 5.52. The summed E-state index contributed by atoms with van der Waals surface area (Å²) in [6.45, 7) is 6.51. The zero-order chi connectivity index (χ0) is 11.4. The van der Waals surface area contributed by atoms with Crippen LogP contribution in [-0.4, -0.2) is 0 Å². The van der Waals surface area contributed by atoms with Crippen LogP contribution in [0.5, 0.6) is 0 Å². The van der Waals surface area contributed by atoms with Gasteiger partial charge in [-0.15, -0.1) is 0 Å². The van der Waals surface area contributed by atoms with E-state index in [1.807, 2.05) is 18.2 Å². The van der Waals surface area contributed by atoms with Gasteiger partial charge >= 0.3 is 0 Å². The predicted molar refractivity (Wildman–Crippen MR) is 67.2 cm³/mol. The first kappa shape index (κ1) is 12.5. The molecule has 0 aromatic heterocycles. The quantitative estimate of drug-likeness (QED) is 0.821. The summed E-state index contributed by atoms with van der Waals surface area (Å²) in [4.78, 5) is 0. The van der Waals surface area contributed by atoms with Crippen LogP contribution in [-0.2, 0) is 0 Å². The molecule has 0 unspecified atom stereocenters. The van der Waals surface area contributed by atoms with Crippen molar-refractivity contribution < 1.29 is 0 Å². The Labute approximate surface area is 97.6 Å². The van der Waals surface area contributed by atoms with E-state index in [1.165, 1.54) is 17.5 Å². The first-order chi connectivity index (χ1) is 7.00. The molecule has 0 spiro atoms. The topological polar surface area (TPSA) is 26.0 Å². The molecule has 0 aliphatic carbocycles. The Hall–Kier alpha value is -0.530. The van der Waals surface area contributed by atoms with Crippen molar-refractivity contribution in [2.24, 2.45) is 11.7 Å². The second kappa shape index (κ2) is 5.53. The third-order valence-corrected chi connectivity index (χ3v) is 2.92. The molecular formula is C13H20ClN. The molecule has 2 N–H and O–H groups in total. The van der Waals surface area contributed by atoms with Crippen LogP contribution in [0.4, 0.5) is 0 Å². The van der Waals surface area contributed by atoms with Gasteiger partial charge in [0.05, 0.1) is 0 Å². The summed E-state index contributed by atoms with van der Waals surface area (Å²) in [5.41, 5.74) is 8.57. The van der Waals surface area contributed by atoms with Crippen LogP contribution in [0.2, 0.25) is 5.02 Å². The van der Waals surface area contributed by atoms with Gasteiger partial charge in [-0.2, -0.15) is 0 Å². The summed E-state index contributed by atoms with van der Waals surface area (Å²) >= 11 is 5.91. The van der Waals surface area contributed by atoms with Crippen molar-refractivity contribution in [2.45, 2.75) is 39.7 Å². The number of rotatable bonds is 4. The maximum absolute atomic E-state index is 6.15. The highest BCUT2D eigenvalue weighted by Gasteiger charge is 2.09. The van der Waals surface area contributed by atoms with Crippen LogP contribution in [0.15, 0.2) is 18.2 Å². The number of hydrogen-bond acceptors (Lipinski definition) is 1. The Morgan fingerprint density at radius 2 is 1.93 bits per heavy atom. The van der Waals surface area contributed by atoms with Crippen molar-refractivity contribution >= 4 is 11.6 Å². The molecule has 0 aliphatic rings. The summed E-state index contributed by atoms with van der Waals surface area (Å²) < 4.78 is 0. The average molecular weight is 226 g/mol. The van der Waals surface area contributed by atoms with Crippen molar-refractivity contribution in [3.63, 3.8) is 0 Å². The predicted octanol–water partition coefficient (Wildman–Crippen LogP) is 4.08. The lowest BCUT2D eigenvalue weighted by Gasteiger charge is -2.16. The lowest BCUT2D eigenvalue weighted by Crippen LogP contribution is -2.12. The van der Waals surface area contributed by atoms with Crippen LogP contribution >= 0.6 is 11.6 Å². The monoisotopic (exact) mass is 225 g/mol. The molecule has 0 bridgehead atoms. The maximum atomic E-state index is 6.15. The highest BCUT2D eigenvalue weighted by molar-refractivity contribution is 6.30. The molecule has 84 valence electrons. The van der Waals surface area contributed by atoms with Crippen LogP contribution in [0.3, 0.4) is 0 Å². The van der Waals surface area contributed by atoms with E-state index >= 15 is 0 Å². The zero-order valence-electron chi connectivity index (χ0n) is 9.76. The Morgan fingerprint density at radius 1 is 1.27 bits per heavy atom. The molecule has 0 saturated carbocycles. The molecule has 2 heteroatoms. The van der Waals surface area contributed by atoms with Crippen molar-refractivity contribution in [1.82, 2.24) is 0 Å². The third-order valence-electron chi connectivity index (χ3n) is 2.69. The van der Waals surface area contributed by atoms with Gasteiger partial charge in [-0.3, -0.25) is 0 Å².